The maximum Gasteiger partial charge on any atom is 0.272 e. The number of methoxy groups -OCH3 is 1. The number of halogens is 1. The standard InChI is InChI=1S/C25H23BrN2O4/c1-3-32-23-16-17(9-14-22(23)31-2)15-21(28-24(29)18-7-5-4-6-8-18)25(30)27-20-12-10-19(26)11-13-20/h4-16H,3H2,1-2H3,(H,27,30)(H,28,29)/b21-15-. The Labute approximate surface area is 195 Å². The second-order valence-corrected chi connectivity index (χ2v) is 7.60. The first-order chi connectivity index (χ1) is 15.5. The van der Waals surface area contributed by atoms with Crippen LogP contribution in [0.4, 0.5) is 5.69 Å². The molecule has 3 aromatic carbocycles. The van der Waals surface area contributed by atoms with E-state index in [0.717, 1.165) is 4.47 Å². The van der Waals surface area contributed by atoms with Crippen LogP contribution < -0.4 is 20.1 Å². The molecular weight excluding hydrogens is 472 g/mol. The Balaban J connectivity index is 1.93. The fraction of sp³-hybridized carbons (Fsp3) is 0.120. The molecule has 2 N–H and O–H groups in total. The van der Waals surface area contributed by atoms with Crippen molar-refractivity contribution in [2.75, 3.05) is 19.0 Å². The summed E-state index contributed by atoms with van der Waals surface area (Å²) in [5, 5.41) is 5.53. The highest BCUT2D eigenvalue weighted by Crippen LogP contribution is 2.29. The Morgan fingerprint density at radius 2 is 1.69 bits per heavy atom. The number of ether oxygens (including phenoxy) is 2. The number of benzene rings is 3. The molecule has 0 radical (unpaired) electrons. The lowest BCUT2D eigenvalue weighted by Crippen LogP contribution is -2.30. The van der Waals surface area contributed by atoms with Crippen molar-refractivity contribution in [1.82, 2.24) is 5.32 Å². The average Bonchev–Trinajstić information content (AvgIpc) is 2.81. The van der Waals surface area contributed by atoms with E-state index in [1.165, 1.54) is 0 Å². The second-order valence-electron chi connectivity index (χ2n) is 6.68. The van der Waals surface area contributed by atoms with Crippen LogP contribution in [0.1, 0.15) is 22.8 Å². The van der Waals surface area contributed by atoms with E-state index in [2.05, 4.69) is 26.6 Å². The number of carbonyl (C=O) groups is 2. The Morgan fingerprint density at radius 1 is 0.969 bits per heavy atom. The molecule has 0 unspecified atom stereocenters. The molecule has 0 aliphatic heterocycles. The van der Waals surface area contributed by atoms with E-state index in [1.54, 1.807) is 67.8 Å². The first-order valence-electron chi connectivity index (χ1n) is 9.96. The number of rotatable bonds is 8. The zero-order chi connectivity index (χ0) is 22.9. The molecule has 0 fully saturated rings. The Morgan fingerprint density at radius 3 is 2.34 bits per heavy atom. The molecule has 2 amide bonds. The van der Waals surface area contributed by atoms with Gasteiger partial charge in [-0.3, -0.25) is 9.59 Å². The van der Waals surface area contributed by atoms with E-state index in [9.17, 15) is 9.59 Å². The lowest BCUT2D eigenvalue weighted by Gasteiger charge is -2.13. The lowest BCUT2D eigenvalue weighted by atomic mass is 10.1. The van der Waals surface area contributed by atoms with Crippen molar-refractivity contribution in [3.8, 4) is 11.5 Å². The predicted molar refractivity (Wildman–Crippen MR) is 129 cm³/mol. The maximum atomic E-state index is 13.0. The maximum absolute atomic E-state index is 13.0. The van der Waals surface area contributed by atoms with Gasteiger partial charge in [0.05, 0.1) is 13.7 Å². The number of amides is 2. The zero-order valence-corrected chi connectivity index (χ0v) is 19.3. The summed E-state index contributed by atoms with van der Waals surface area (Å²) in [5.74, 6) is 0.288. The Bertz CT molecular complexity index is 1110. The van der Waals surface area contributed by atoms with E-state index in [1.807, 2.05) is 25.1 Å². The fourth-order valence-corrected chi connectivity index (χ4v) is 3.16. The van der Waals surface area contributed by atoms with Crippen molar-refractivity contribution in [2.45, 2.75) is 6.92 Å². The summed E-state index contributed by atoms with van der Waals surface area (Å²) in [4.78, 5) is 25.8. The monoisotopic (exact) mass is 494 g/mol. The summed E-state index contributed by atoms with van der Waals surface area (Å²) < 4.78 is 11.8. The van der Waals surface area contributed by atoms with Gasteiger partial charge in [0.2, 0.25) is 0 Å². The topological polar surface area (TPSA) is 76.7 Å². The summed E-state index contributed by atoms with van der Waals surface area (Å²) in [7, 11) is 1.56. The molecule has 0 saturated carbocycles. The molecule has 3 aromatic rings. The van der Waals surface area contributed by atoms with Crippen LogP contribution in [0, 0.1) is 0 Å². The molecule has 0 aliphatic rings. The smallest absolute Gasteiger partial charge is 0.272 e. The third-order valence-electron chi connectivity index (χ3n) is 4.43. The molecule has 0 bridgehead atoms. The van der Waals surface area contributed by atoms with Gasteiger partial charge >= 0.3 is 0 Å². The molecule has 6 nitrogen and oxygen atoms in total. The third-order valence-corrected chi connectivity index (χ3v) is 4.96. The summed E-state index contributed by atoms with van der Waals surface area (Å²) in [6.07, 6.45) is 1.59. The molecule has 0 aromatic heterocycles. The number of hydrogen-bond acceptors (Lipinski definition) is 4. The van der Waals surface area contributed by atoms with Crippen LogP contribution in [-0.2, 0) is 4.79 Å². The number of carbonyl (C=O) groups excluding carboxylic acids is 2. The number of hydrogen-bond donors (Lipinski definition) is 2. The van der Waals surface area contributed by atoms with Crippen LogP contribution in [0.3, 0.4) is 0 Å². The van der Waals surface area contributed by atoms with Crippen molar-refractivity contribution in [2.24, 2.45) is 0 Å². The summed E-state index contributed by atoms with van der Waals surface area (Å²) >= 11 is 3.37. The van der Waals surface area contributed by atoms with E-state index in [-0.39, 0.29) is 11.6 Å². The van der Waals surface area contributed by atoms with E-state index in [4.69, 9.17) is 9.47 Å². The van der Waals surface area contributed by atoms with Gasteiger partial charge in [-0.1, -0.05) is 40.2 Å². The van der Waals surface area contributed by atoms with Crippen molar-refractivity contribution in [1.29, 1.82) is 0 Å². The molecule has 0 spiro atoms. The summed E-state index contributed by atoms with van der Waals surface area (Å²) in [6, 6.07) is 21.2. The van der Waals surface area contributed by atoms with Crippen molar-refractivity contribution in [3.63, 3.8) is 0 Å². The first-order valence-corrected chi connectivity index (χ1v) is 10.7. The SMILES string of the molecule is CCOc1cc(/C=C(\NC(=O)c2ccccc2)C(=O)Nc2ccc(Br)cc2)ccc1OC. The van der Waals surface area contributed by atoms with Crippen LogP contribution in [0.25, 0.3) is 6.08 Å². The quantitative estimate of drug-likeness (QED) is 0.418. The van der Waals surface area contributed by atoms with Crippen molar-refractivity contribution >= 4 is 39.5 Å². The minimum Gasteiger partial charge on any atom is -0.493 e. The molecule has 0 heterocycles. The van der Waals surface area contributed by atoms with Gasteiger partial charge in [0.1, 0.15) is 5.70 Å². The van der Waals surface area contributed by atoms with Crippen LogP contribution in [0.15, 0.2) is 83.0 Å². The Kier molecular flexibility index (Phi) is 8.05. The molecular formula is C25H23BrN2O4. The van der Waals surface area contributed by atoms with E-state index in [0.29, 0.717) is 34.9 Å². The van der Waals surface area contributed by atoms with Gasteiger partial charge < -0.3 is 20.1 Å². The number of anilines is 1. The van der Waals surface area contributed by atoms with Crippen LogP contribution in [0.2, 0.25) is 0 Å². The first kappa shape index (κ1) is 23.1. The third kappa shape index (κ3) is 6.21. The van der Waals surface area contributed by atoms with Crippen LogP contribution >= 0.6 is 15.9 Å². The predicted octanol–water partition coefficient (Wildman–Crippen LogP) is 5.27. The minimum absolute atomic E-state index is 0.0920. The van der Waals surface area contributed by atoms with Gasteiger partial charge in [0, 0.05) is 15.7 Å². The van der Waals surface area contributed by atoms with Crippen molar-refractivity contribution < 1.29 is 19.1 Å². The van der Waals surface area contributed by atoms with Crippen LogP contribution in [-0.4, -0.2) is 25.5 Å². The zero-order valence-electron chi connectivity index (χ0n) is 17.7. The molecule has 32 heavy (non-hydrogen) atoms. The lowest BCUT2D eigenvalue weighted by molar-refractivity contribution is -0.113. The number of nitrogens with one attached hydrogen (secondary N) is 2. The fourth-order valence-electron chi connectivity index (χ4n) is 2.89. The molecule has 0 aliphatic carbocycles. The molecule has 3 rings (SSSR count). The van der Waals surface area contributed by atoms with E-state index < -0.39 is 5.91 Å². The van der Waals surface area contributed by atoms with Gasteiger partial charge in [-0.25, -0.2) is 0 Å². The largest absolute Gasteiger partial charge is 0.493 e. The Hall–Kier alpha value is -3.58. The average molecular weight is 495 g/mol. The highest BCUT2D eigenvalue weighted by atomic mass is 79.9. The molecule has 164 valence electrons. The minimum atomic E-state index is -0.453. The second kappa shape index (κ2) is 11.2. The highest BCUT2D eigenvalue weighted by molar-refractivity contribution is 9.10. The highest BCUT2D eigenvalue weighted by Gasteiger charge is 2.16. The molecule has 0 atom stereocenters. The molecule has 7 heteroatoms. The van der Waals surface area contributed by atoms with E-state index >= 15 is 0 Å². The van der Waals surface area contributed by atoms with Gasteiger partial charge in [0.25, 0.3) is 11.8 Å². The normalized spacial score (nSPS) is 10.9. The van der Waals surface area contributed by atoms with Crippen LogP contribution in [0.5, 0.6) is 11.5 Å². The molecule has 0 saturated heterocycles. The van der Waals surface area contributed by atoms with Crippen molar-refractivity contribution in [3.05, 3.63) is 94.1 Å². The van der Waals surface area contributed by atoms with Gasteiger partial charge in [-0.2, -0.15) is 0 Å². The van der Waals surface area contributed by atoms with Gasteiger partial charge in [-0.15, -0.1) is 0 Å². The summed E-state index contributed by atoms with van der Waals surface area (Å²) in [6.45, 7) is 2.34. The van der Waals surface area contributed by atoms with Gasteiger partial charge in [-0.05, 0) is 67.1 Å². The van der Waals surface area contributed by atoms with Gasteiger partial charge in [0.15, 0.2) is 11.5 Å². The summed E-state index contributed by atoms with van der Waals surface area (Å²) in [5.41, 5.74) is 1.81.